The van der Waals surface area contributed by atoms with Crippen molar-refractivity contribution in [3.8, 4) is 0 Å². The van der Waals surface area contributed by atoms with Crippen LogP contribution in [0.3, 0.4) is 0 Å². The molecule has 0 aliphatic carbocycles. The largest absolute Gasteiger partial charge is 0.380 e. The number of ether oxygens (including phenoxy) is 1. The molecule has 0 bridgehead atoms. The summed E-state index contributed by atoms with van der Waals surface area (Å²) in [6, 6.07) is 8.56. The molecule has 1 aromatic heterocycles. The topological polar surface area (TPSA) is 45.3 Å². The summed E-state index contributed by atoms with van der Waals surface area (Å²) in [7, 11) is 0. The Morgan fingerprint density at radius 2 is 2.22 bits per heavy atom. The van der Waals surface area contributed by atoms with E-state index in [2.05, 4.69) is 28.9 Å². The maximum absolute atomic E-state index is 12.3. The Morgan fingerprint density at radius 3 is 3.04 bits per heavy atom. The number of benzene rings is 1. The molecular formula is C19H26N2O2. The highest BCUT2D eigenvalue weighted by Gasteiger charge is 2.24. The molecule has 2 heterocycles. The highest BCUT2D eigenvalue weighted by Crippen LogP contribution is 2.19. The molecular weight excluding hydrogens is 288 g/mol. The fraction of sp³-hybridized carbons (Fsp3) is 0.526. The number of H-pyrrole nitrogens is 1. The smallest absolute Gasteiger partial charge is 0.256 e. The number of hydrogen-bond acceptors (Lipinski definition) is 3. The van der Waals surface area contributed by atoms with E-state index in [4.69, 9.17) is 4.74 Å². The molecule has 2 aromatic rings. The number of nitrogens with zero attached hydrogens (tertiary/aromatic N) is 1. The summed E-state index contributed by atoms with van der Waals surface area (Å²) in [4.78, 5) is 17.8. The van der Waals surface area contributed by atoms with Gasteiger partial charge >= 0.3 is 0 Å². The summed E-state index contributed by atoms with van der Waals surface area (Å²) in [5.41, 5.74) is 2.21. The van der Waals surface area contributed by atoms with E-state index < -0.39 is 0 Å². The van der Waals surface area contributed by atoms with Gasteiger partial charge < -0.3 is 9.72 Å². The van der Waals surface area contributed by atoms with Crippen molar-refractivity contribution >= 4 is 10.8 Å². The van der Waals surface area contributed by atoms with Gasteiger partial charge in [0, 0.05) is 36.7 Å². The first kappa shape index (κ1) is 16.2. The molecule has 1 atom stereocenters. The molecule has 1 aromatic carbocycles. The maximum atomic E-state index is 12.3. The van der Waals surface area contributed by atoms with Crippen LogP contribution in [0.15, 0.2) is 29.1 Å². The van der Waals surface area contributed by atoms with Crippen molar-refractivity contribution in [1.82, 2.24) is 9.88 Å². The van der Waals surface area contributed by atoms with Gasteiger partial charge in [-0.25, -0.2) is 0 Å². The summed E-state index contributed by atoms with van der Waals surface area (Å²) in [6.45, 7) is 7.82. The molecule has 0 spiro atoms. The molecule has 1 aliphatic heterocycles. The predicted octanol–water partition coefficient (Wildman–Crippen LogP) is 2.88. The Kier molecular flexibility index (Phi) is 5.13. The number of hydrogen-bond donors (Lipinski definition) is 1. The van der Waals surface area contributed by atoms with E-state index in [0.29, 0.717) is 6.04 Å². The van der Waals surface area contributed by atoms with Gasteiger partial charge in [0.2, 0.25) is 0 Å². The molecule has 23 heavy (non-hydrogen) atoms. The maximum Gasteiger partial charge on any atom is 0.256 e. The van der Waals surface area contributed by atoms with Crippen LogP contribution in [-0.2, 0) is 11.2 Å². The third kappa shape index (κ3) is 3.65. The molecule has 1 fully saturated rings. The molecule has 1 saturated heterocycles. The summed E-state index contributed by atoms with van der Waals surface area (Å²) >= 11 is 0. The molecule has 0 unspecified atom stereocenters. The average Bonchev–Trinajstić information content (AvgIpc) is 2.99. The third-order valence-corrected chi connectivity index (χ3v) is 4.84. The lowest BCUT2D eigenvalue weighted by atomic mass is 10.1. The van der Waals surface area contributed by atoms with Crippen LogP contribution in [0.2, 0.25) is 0 Å². The molecule has 0 amide bonds. The first-order chi connectivity index (χ1) is 11.2. The molecule has 0 radical (unpaired) electrons. The Bertz CT molecular complexity index is 723. The lowest BCUT2D eigenvalue weighted by molar-refractivity contribution is 0.0856. The van der Waals surface area contributed by atoms with Crippen molar-refractivity contribution in [1.29, 1.82) is 0 Å². The van der Waals surface area contributed by atoms with Crippen molar-refractivity contribution < 1.29 is 4.74 Å². The van der Waals surface area contributed by atoms with Crippen LogP contribution >= 0.6 is 0 Å². The highest BCUT2D eigenvalue weighted by atomic mass is 16.5. The minimum Gasteiger partial charge on any atom is -0.380 e. The fourth-order valence-electron chi connectivity index (χ4n) is 3.52. The number of pyridine rings is 1. The zero-order valence-electron chi connectivity index (χ0n) is 14.1. The number of aromatic amines is 1. The van der Waals surface area contributed by atoms with Crippen LogP contribution in [0.1, 0.15) is 31.0 Å². The molecule has 4 heteroatoms. The van der Waals surface area contributed by atoms with Crippen LogP contribution in [0, 0.1) is 6.92 Å². The predicted molar refractivity (Wildman–Crippen MR) is 94.1 cm³/mol. The summed E-state index contributed by atoms with van der Waals surface area (Å²) in [6.07, 6.45) is 3.33. The summed E-state index contributed by atoms with van der Waals surface area (Å²) < 4.78 is 5.59. The number of rotatable bonds is 6. The number of likely N-dealkylation sites (tertiary alicyclic amines) is 1. The first-order valence-corrected chi connectivity index (χ1v) is 8.62. The van der Waals surface area contributed by atoms with E-state index in [0.717, 1.165) is 54.8 Å². The van der Waals surface area contributed by atoms with Gasteiger partial charge in [-0.1, -0.05) is 12.1 Å². The molecule has 1 aliphatic rings. The molecule has 3 rings (SSSR count). The minimum atomic E-state index is 0.0217. The van der Waals surface area contributed by atoms with Gasteiger partial charge in [-0.15, -0.1) is 0 Å². The molecule has 4 nitrogen and oxygen atoms in total. The number of nitrogens with one attached hydrogen (secondary N) is 1. The number of fused-ring (bicyclic) bond motifs is 1. The van der Waals surface area contributed by atoms with E-state index >= 15 is 0 Å². The Morgan fingerprint density at radius 1 is 1.35 bits per heavy atom. The second-order valence-corrected chi connectivity index (χ2v) is 6.40. The fourth-order valence-corrected chi connectivity index (χ4v) is 3.52. The Hall–Kier alpha value is -1.65. The zero-order chi connectivity index (χ0) is 16.2. The quantitative estimate of drug-likeness (QED) is 0.892. The normalized spacial score (nSPS) is 18.8. The lowest BCUT2D eigenvalue weighted by Crippen LogP contribution is -2.35. The van der Waals surface area contributed by atoms with Crippen LogP contribution in [0.5, 0.6) is 0 Å². The van der Waals surface area contributed by atoms with Gasteiger partial charge in [-0.3, -0.25) is 9.69 Å². The highest BCUT2D eigenvalue weighted by molar-refractivity contribution is 5.84. The first-order valence-electron chi connectivity index (χ1n) is 8.62. The van der Waals surface area contributed by atoms with Crippen molar-refractivity contribution in [3.05, 3.63) is 45.9 Å². The van der Waals surface area contributed by atoms with Gasteiger partial charge in [0.25, 0.3) is 5.56 Å². The van der Waals surface area contributed by atoms with E-state index in [9.17, 15) is 4.79 Å². The summed E-state index contributed by atoms with van der Waals surface area (Å²) in [5, 5.41) is 1.85. The third-order valence-electron chi connectivity index (χ3n) is 4.84. The standard InChI is InChI=1S/C19H26N2O2/c1-3-23-13-16-7-5-10-21(16)11-9-15-12-18-14(2)6-4-8-17(18)19(22)20-15/h4,6,8,12,16H,3,5,7,9-11,13H2,1-2H3,(H,20,22)/t16-/m1/s1. The second-order valence-electron chi connectivity index (χ2n) is 6.40. The number of aromatic nitrogens is 1. The van der Waals surface area contributed by atoms with Crippen molar-refractivity contribution in [2.45, 2.75) is 39.2 Å². The van der Waals surface area contributed by atoms with Crippen LogP contribution in [0.4, 0.5) is 0 Å². The van der Waals surface area contributed by atoms with E-state index in [1.807, 2.05) is 19.1 Å². The minimum absolute atomic E-state index is 0.0217. The van der Waals surface area contributed by atoms with E-state index in [-0.39, 0.29) is 5.56 Å². The van der Waals surface area contributed by atoms with Crippen LogP contribution in [0.25, 0.3) is 10.8 Å². The Labute approximate surface area is 137 Å². The summed E-state index contributed by atoms with van der Waals surface area (Å²) in [5.74, 6) is 0. The molecule has 1 N–H and O–H groups in total. The number of aryl methyl sites for hydroxylation is 1. The van der Waals surface area contributed by atoms with E-state index in [1.165, 1.54) is 12.8 Å². The van der Waals surface area contributed by atoms with Gasteiger partial charge in [-0.05, 0) is 56.3 Å². The SMILES string of the molecule is CCOC[C@H]1CCCN1CCc1cc2c(C)cccc2c(=O)[nH]1. The van der Waals surface area contributed by atoms with Crippen molar-refractivity contribution in [2.75, 3.05) is 26.3 Å². The average molecular weight is 314 g/mol. The monoisotopic (exact) mass is 314 g/mol. The van der Waals surface area contributed by atoms with Gasteiger partial charge in [-0.2, -0.15) is 0 Å². The Balaban J connectivity index is 1.72. The van der Waals surface area contributed by atoms with Crippen LogP contribution in [-0.4, -0.2) is 42.2 Å². The second kappa shape index (κ2) is 7.28. The van der Waals surface area contributed by atoms with Crippen molar-refractivity contribution in [3.63, 3.8) is 0 Å². The van der Waals surface area contributed by atoms with Gasteiger partial charge in [0.1, 0.15) is 0 Å². The molecule has 124 valence electrons. The van der Waals surface area contributed by atoms with E-state index in [1.54, 1.807) is 0 Å². The van der Waals surface area contributed by atoms with Gasteiger partial charge in [0.05, 0.1) is 6.61 Å². The van der Waals surface area contributed by atoms with Gasteiger partial charge in [0.15, 0.2) is 0 Å². The molecule has 0 saturated carbocycles. The van der Waals surface area contributed by atoms with Crippen molar-refractivity contribution in [2.24, 2.45) is 0 Å². The van der Waals surface area contributed by atoms with Crippen LogP contribution < -0.4 is 5.56 Å². The lowest BCUT2D eigenvalue weighted by Gasteiger charge is -2.24. The zero-order valence-corrected chi connectivity index (χ0v) is 14.1.